The number of aliphatic carboxylic acids is 2. The summed E-state index contributed by atoms with van der Waals surface area (Å²) in [5.41, 5.74) is -1.50. The first-order valence-corrected chi connectivity index (χ1v) is 4.36. The molecular formula is C10H8F3KO4. The Kier molecular flexibility index (Phi) is 6.51. The van der Waals surface area contributed by atoms with E-state index in [1.165, 1.54) is 0 Å². The summed E-state index contributed by atoms with van der Waals surface area (Å²) in [6.07, 6.45) is -4.64. The van der Waals surface area contributed by atoms with Crippen molar-refractivity contribution in [1.82, 2.24) is 0 Å². The summed E-state index contributed by atoms with van der Waals surface area (Å²) < 4.78 is 37.0. The minimum absolute atomic E-state index is 0. The van der Waals surface area contributed by atoms with Crippen molar-refractivity contribution in [3.63, 3.8) is 0 Å². The number of rotatable bonds is 3. The third kappa shape index (κ3) is 4.36. The minimum atomic E-state index is -4.64. The molecule has 1 aromatic rings. The van der Waals surface area contributed by atoms with Crippen molar-refractivity contribution in [2.75, 3.05) is 0 Å². The van der Waals surface area contributed by atoms with Gasteiger partial charge in [0.05, 0.1) is 5.56 Å². The Labute approximate surface area is 142 Å². The van der Waals surface area contributed by atoms with Gasteiger partial charge in [0, 0.05) is 0 Å². The molecule has 94 valence electrons. The van der Waals surface area contributed by atoms with Crippen LogP contribution in [-0.2, 0) is 15.8 Å². The fraction of sp³-hybridized carbons (Fsp3) is 0.200. The first-order valence-electron chi connectivity index (χ1n) is 4.36. The molecule has 0 spiro atoms. The number of benzene rings is 1. The first-order chi connectivity index (χ1) is 7.73. The van der Waals surface area contributed by atoms with Gasteiger partial charge < -0.3 is 10.2 Å². The van der Waals surface area contributed by atoms with Crippen LogP contribution < -0.4 is 0 Å². The van der Waals surface area contributed by atoms with Crippen LogP contribution in [0.2, 0.25) is 0 Å². The second-order valence-corrected chi connectivity index (χ2v) is 3.23. The predicted octanol–water partition coefficient (Wildman–Crippen LogP) is 1.31. The van der Waals surface area contributed by atoms with Crippen LogP contribution in [0.3, 0.4) is 0 Å². The fourth-order valence-corrected chi connectivity index (χ4v) is 1.29. The number of hydrogen-bond donors (Lipinski definition) is 2. The van der Waals surface area contributed by atoms with E-state index in [4.69, 9.17) is 10.2 Å². The van der Waals surface area contributed by atoms with Gasteiger partial charge in [0.15, 0.2) is 5.92 Å². The zero-order chi connectivity index (χ0) is 13.2. The third-order valence-electron chi connectivity index (χ3n) is 2.04. The van der Waals surface area contributed by atoms with Crippen molar-refractivity contribution < 1.29 is 33.0 Å². The van der Waals surface area contributed by atoms with E-state index < -0.39 is 35.2 Å². The summed E-state index contributed by atoms with van der Waals surface area (Å²) in [5.74, 6) is -5.43. The molecule has 0 amide bonds. The van der Waals surface area contributed by atoms with Crippen molar-refractivity contribution in [1.29, 1.82) is 0 Å². The van der Waals surface area contributed by atoms with Crippen molar-refractivity contribution >= 4 is 63.3 Å². The van der Waals surface area contributed by atoms with Crippen LogP contribution in [0.1, 0.15) is 17.0 Å². The topological polar surface area (TPSA) is 74.6 Å². The van der Waals surface area contributed by atoms with Gasteiger partial charge in [0.1, 0.15) is 0 Å². The molecule has 0 heterocycles. The second-order valence-electron chi connectivity index (χ2n) is 3.23. The molecule has 2 N–H and O–H groups in total. The van der Waals surface area contributed by atoms with Crippen molar-refractivity contribution in [3.8, 4) is 0 Å². The molecule has 0 atom stereocenters. The fourth-order valence-electron chi connectivity index (χ4n) is 1.29. The van der Waals surface area contributed by atoms with E-state index >= 15 is 0 Å². The summed E-state index contributed by atoms with van der Waals surface area (Å²) in [4.78, 5) is 21.3. The van der Waals surface area contributed by atoms with Gasteiger partial charge in [-0.2, -0.15) is 13.2 Å². The van der Waals surface area contributed by atoms with Gasteiger partial charge in [-0.15, -0.1) is 0 Å². The maximum atomic E-state index is 12.3. The Morgan fingerprint density at radius 1 is 1.11 bits per heavy atom. The molecule has 0 aromatic heterocycles. The van der Waals surface area contributed by atoms with Crippen LogP contribution in [0.25, 0.3) is 0 Å². The van der Waals surface area contributed by atoms with Gasteiger partial charge >= 0.3 is 69.5 Å². The van der Waals surface area contributed by atoms with E-state index in [9.17, 15) is 22.8 Å². The van der Waals surface area contributed by atoms with Gasteiger partial charge in [-0.1, -0.05) is 18.2 Å². The zero-order valence-corrected chi connectivity index (χ0v) is 8.23. The molecule has 4 nitrogen and oxygen atoms in total. The maximum absolute atomic E-state index is 12.3. The van der Waals surface area contributed by atoms with E-state index in [2.05, 4.69) is 0 Å². The van der Waals surface area contributed by atoms with Crippen LogP contribution in [0.4, 0.5) is 13.2 Å². The average Bonchev–Trinajstić information content (AvgIpc) is 2.15. The monoisotopic (exact) mass is 288 g/mol. The standard InChI is InChI=1S/C10H7F3O4.K.H/c11-10(12,13)6-3-1-2-5(4-6)7(8(14)15)9(16)17;;/h1-4,7H,(H,14,15)(H,16,17);;. The van der Waals surface area contributed by atoms with Crippen molar-refractivity contribution in [2.24, 2.45) is 0 Å². The Bertz CT molecular complexity index is 445. The van der Waals surface area contributed by atoms with Crippen LogP contribution >= 0.6 is 0 Å². The number of hydrogen-bond acceptors (Lipinski definition) is 2. The van der Waals surface area contributed by atoms with Crippen molar-refractivity contribution in [2.45, 2.75) is 12.1 Å². The number of halogens is 3. The van der Waals surface area contributed by atoms with E-state index in [1.807, 2.05) is 0 Å². The number of carboxylic acids is 2. The average molecular weight is 288 g/mol. The molecular weight excluding hydrogens is 280 g/mol. The molecule has 18 heavy (non-hydrogen) atoms. The Balaban J connectivity index is 0.00000289. The Hall–Kier alpha value is -0.414. The molecule has 0 aliphatic heterocycles. The van der Waals surface area contributed by atoms with Crippen LogP contribution in [0.15, 0.2) is 24.3 Å². The predicted molar refractivity (Wildman–Crippen MR) is 56.6 cm³/mol. The number of carboxylic acid groups (broad SMARTS) is 2. The molecule has 0 aliphatic rings. The quantitative estimate of drug-likeness (QED) is 0.649. The van der Waals surface area contributed by atoms with E-state index in [1.54, 1.807) is 0 Å². The third-order valence-corrected chi connectivity index (χ3v) is 2.04. The molecule has 0 bridgehead atoms. The van der Waals surface area contributed by atoms with E-state index in [-0.39, 0.29) is 51.4 Å². The van der Waals surface area contributed by atoms with Gasteiger partial charge in [0.2, 0.25) is 0 Å². The SMILES string of the molecule is O=C(O)C(C(=O)O)c1cccc(C(F)(F)F)c1.[KH]. The first kappa shape index (κ1) is 17.6. The summed E-state index contributed by atoms with van der Waals surface area (Å²) in [6, 6.07) is 3.26. The van der Waals surface area contributed by atoms with Crippen LogP contribution in [0.5, 0.6) is 0 Å². The molecule has 0 aliphatic carbocycles. The van der Waals surface area contributed by atoms with E-state index in [0.29, 0.717) is 6.07 Å². The molecule has 0 fully saturated rings. The van der Waals surface area contributed by atoms with Gasteiger partial charge in [-0.3, -0.25) is 9.59 Å². The summed E-state index contributed by atoms with van der Waals surface area (Å²) >= 11 is 0. The molecule has 0 saturated heterocycles. The van der Waals surface area contributed by atoms with E-state index in [0.717, 1.165) is 18.2 Å². The Morgan fingerprint density at radius 3 is 2.00 bits per heavy atom. The summed E-state index contributed by atoms with van der Waals surface area (Å²) in [5, 5.41) is 17.3. The molecule has 1 rings (SSSR count). The van der Waals surface area contributed by atoms with Gasteiger partial charge in [0.25, 0.3) is 0 Å². The van der Waals surface area contributed by atoms with Gasteiger partial charge in [-0.05, 0) is 11.6 Å². The van der Waals surface area contributed by atoms with Crippen molar-refractivity contribution in [3.05, 3.63) is 35.4 Å². The molecule has 0 unspecified atom stereocenters. The number of alkyl halides is 3. The number of carbonyl (C=O) groups is 2. The molecule has 0 saturated carbocycles. The Morgan fingerprint density at radius 2 is 1.61 bits per heavy atom. The molecule has 8 heteroatoms. The molecule has 0 radical (unpaired) electrons. The van der Waals surface area contributed by atoms with Crippen LogP contribution in [-0.4, -0.2) is 73.5 Å². The zero-order valence-electron chi connectivity index (χ0n) is 8.23. The second kappa shape index (κ2) is 6.67. The summed E-state index contributed by atoms with van der Waals surface area (Å²) in [7, 11) is 0. The normalized spacial score (nSPS) is 10.9. The van der Waals surface area contributed by atoms with Gasteiger partial charge in [-0.25, -0.2) is 0 Å². The molecule has 1 aromatic carbocycles. The summed E-state index contributed by atoms with van der Waals surface area (Å²) in [6.45, 7) is 0. The van der Waals surface area contributed by atoms with Crippen LogP contribution in [0, 0.1) is 0 Å².